The van der Waals surface area contributed by atoms with Gasteiger partial charge in [0.1, 0.15) is 5.82 Å². The van der Waals surface area contributed by atoms with E-state index in [1.807, 2.05) is 0 Å². The van der Waals surface area contributed by atoms with E-state index in [1.54, 1.807) is 26.1 Å². The summed E-state index contributed by atoms with van der Waals surface area (Å²) >= 11 is 0. The van der Waals surface area contributed by atoms with Crippen LogP contribution in [0.1, 0.15) is 18.9 Å². The first-order valence-corrected chi connectivity index (χ1v) is 5.65. The number of likely N-dealkylation sites (N-methyl/N-ethyl adjacent to an activating group) is 1. The molecule has 1 atom stereocenters. The highest BCUT2D eigenvalue weighted by atomic mass is 19.1. The van der Waals surface area contributed by atoms with Crippen molar-refractivity contribution in [3.8, 4) is 0 Å². The molecule has 4 heteroatoms. The van der Waals surface area contributed by atoms with Crippen molar-refractivity contribution < 1.29 is 14.3 Å². The first-order chi connectivity index (χ1) is 7.99. The summed E-state index contributed by atoms with van der Waals surface area (Å²) in [5.41, 5.74) is 0.935. The van der Waals surface area contributed by atoms with Crippen molar-refractivity contribution in [3.63, 3.8) is 0 Å². The van der Waals surface area contributed by atoms with Gasteiger partial charge in [-0.05, 0) is 31.0 Å². The Morgan fingerprint density at radius 1 is 1.41 bits per heavy atom. The molecule has 1 aromatic rings. The predicted octanol–water partition coefficient (Wildman–Crippen LogP) is 1.60. The Morgan fingerprint density at radius 2 is 2.00 bits per heavy atom. The third-order valence-corrected chi connectivity index (χ3v) is 2.50. The van der Waals surface area contributed by atoms with Crippen molar-refractivity contribution in [2.24, 2.45) is 0 Å². The zero-order chi connectivity index (χ0) is 12.8. The highest BCUT2D eigenvalue weighted by Crippen LogP contribution is 2.06. The van der Waals surface area contributed by atoms with Crippen LogP contribution in [-0.4, -0.2) is 35.6 Å². The highest BCUT2D eigenvalue weighted by Gasteiger charge is 2.10. The maximum Gasteiger partial charge on any atom is 0.222 e. The number of aliphatic hydroxyl groups excluding tert-OH is 1. The number of carbonyl (C=O) groups excluding carboxylic acids is 1. The van der Waals surface area contributed by atoms with Crippen LogP contribution in [0.2, 0.25) is 0 Å². The summed E-state index contributed by atoms with van der Waals surface area (Å²) < 4.78 is 12.7. The fourth-order valence-electron chi connectivity index (χ4n) is 1.59. The summed E-state index contributed by atoms with van der Waals surface area (Å²) in [5.74, 6) is -0.290. The number of halogens is 1. The Labute approximate surface area is 101 Å². The topological polar surface area (TPSA) is 40.5 Å². The van der Waals surface area contributed by atoms with Gasteiger partial charge in [0.15, 0.2) is 0 Å². The highest BCUT2D eigenvalue weighted by molar-refractivity contribution is 5.76. The summed E-state index contributed by atoms with van der Waals surface area (Å²) in [6, 6.07) is 6.13. The lowest BCUT2D eigenvalue weighted by molar-refractivity contribution is -0.131. The fourth-order valence-corrected chi connectivity index (χ4v) is 1.59. The van der Waals surface area contributed by atoms with E-state index in [1.165, 1.54) is 17.0 Å². The van der Waals surface area contributed by atoms with Crippen LogP contribution in [-0.2, 0) is 11.2 Å². The second-order valence-electron chi connectivity index (χ2n) is 4.25. The number of benzene rings is 1. The zero-order valence-electron chi connectivity index (χ0n) is 10.2. The summed E-state index contributed by atoms with van der Waals surface area (Å²) in [6.07, 6.45) is 0.438. The zero-order valence-corrected chi connectivity index (χ0v) is 10.2. The minimum absolute atomic E-state index is 0.0183. The largest absolute Gasteiger partial charge is 0.392 e. The molecule has 0 aliphatic carbocycles. The second-order valence-corrected chi connectivity index (χ2v) is 4.25. The molecular weight excluding hydrogens is 221 g/mol. The van der Waals surface area contributed by atoms with Crippen molar-refractivity contribution >= 4 is 5.91 Å². The molecule has 0 spiro atoms. The van der Waals surface area contributed by atoms with Gasteiger partial charge in [-0.25, -0.2) is 4.39 Å². The molecule has 1 aromatic carbocycles. The standard InChI is InChI=1S/C13H18FNO2/c1-10(16)9-15(2)13(17)8-5-11-3-6-12(14)7-4-11/h3-4,6-7,10,16H,5,8-9H2,1-2H3. The number of hydrogen-bond donors (Lipinski definition) is 1. The fraction of sp³-hybridized carbons (Fsp3) is 0.462. The lowest BCUT2D eigenvalue weighted by atomic mass is 10.1. The first kappa shape index (κ1) is 13.6. The van der Waals surface area contributed by atoms with Crippen LogP contribution in [0.4, 0.5) is 4.39 Å². The third-order valence-electron chi connectivity index (χ3n) is 2.50. The van der Waals surface area contributed by atoms with Crippen molar-refractivity contribution in [2.45, 2.75) is 25.9 Å². The van der Waals surface area contributed by atoms with Crippen LogP contribution in [0.3, 0.4) is 0 Å². The van der Waals surface area contributed by atoms with Crippen molar-refractivity contribution in [1.29, 1.82) is 0 Å². The minimum atomic E-state index is -0.519. The number of aryl methyl sites for hydroxylation is 1. The predicted molar refractivity (Wildman–Crippen MR) is 64.0 cm³/mol. The molecule has 0 saturated heterocycles. The molecule has 17 heavy (non-hydrogen) atoms. The maximum atomic E-state index is 12.7. The van der Waals surface area contributed by atoms with E-state index in [-0.39, 0.29) is 11.7 Å². The van der Waals surface area contributed by atoms with E-state index < -0.39 is 6.10 Å². The Hall–Kier alpha value is -1.42. The van der Waals surface area contributed by atoms with Gasteiger partial charge in [0.2, 0.25) is 5.91 Å². The molecule has 0 fully saturated rings. The summed E-state index contributed by atoms with van der Waals surface area (Å²) in [4.78, 5) is 13.2. The lowest BCUT2D eigenvalue weighted by Gasteiger charge is -2.18. The van der Waals surface area contributed by atoms with Crippen LogP contribution in [0.25, 0.3) is 0 Å². The molecule has 1 N–H and O–H groups in total. The molecule has 0 aliphatic rings. The van der Waals surface area contributed by atoms with E-state index in [9.17, 15) is 9.18 Å². The molecule has 0 heterocycles. The average Bonchev–Trinajstić information content (AvgIpc) is 2.27. The lowest BCUT2D eigenvalue weighted by Crippen LogP contribution is -2.33. The second kappa shape index (κ2) is 6.35. The Balaban J connectivity index is 2.40. The van der Waals surface area contributed by atoms with Gasteiger partial charge < -0.3 is 10.0 Å². The molecule has 94 valence electrons. The van der Waals surface area contributed by atoms with Gasteiger partial charge in [0, 0.05) is 20.0 Å². The Morgan fingerprint density at radius 3 is 2.53 bits per heavy atom. The smallest absolute Gasteiger partial charge is 0.222 e. The van der Waals surface area contributed by atoms with Gasteiger partial charge in [-0.1, -0.05) is 12.1 Å². The van der Waals surface area contributed by atoms with Gasteiger partial charge in [0.05, 0.1) is 6.10 Å². The van der Waals surface area contributed by atoms with Crippen LogP contribution < -0.4 is 0 Å². The van der Waals surface area contributed by atoms with Crippen LogP contribution >= 0.6 is 0 Å². The van der Waals surface area contributed by atoms with Gasteiger partial charge >= 0.3 is 0 Å². The number of hydrogen-bond acceptors (Lipinski definition) is 2. The maximum absolute atomic E-state index is 12.7. The van der Waals surface area contributed by atoms with Gasteiger partial charge in [-0.3, -0.25) is 4.79 Å². The minimum Gasteiger partial charge on any atom is -0.392 e. The normalized spacial score (nSPS) is 12.2. The van der Waals surface area contributed by atoms with E-state index in [0.29, 0.717) is 19.4 Å². The van der Waals surface area contributed by atoms with Crippen molar-refractivity contribution in [3.05, 3.63) is 35.6 Å². The summed E-state index contributed by atoms with van der Waals surface area (Å²) in [7, 11) is 1.67. The molecule has 3 nitrogen and oxygen atoms in total. The molecular formula is C13H18FNO2. The van der Waals surface area contributed by atoms with E-state index >= 15 is 0 Å². The number of carbonyl (C=O) groups is 1. The van der Waals surface area contributed by atoms with Crippen molar-refractivity contribution in [2.75, 3.05) is 13.6 Å². The molecule has 0 saturated carbocycles. The van der Waals surface area contributed by atoms with E-state index in [0.717, 1.165) is 5.56 Å². The Bertz CT molecular complexity index is 362. The summed E-state index contributed by atoms with van der Waals surface area (Å²) in [5, 5.41) is 9.15. The van der Waals surface area contributed by atoms with Crippen LogP contribution in [0.15, 0.2) is 24.3 Å². The van der Waals surface area contributed by atoms with Crippen LogP contribution in [0.5, 0.6) is 0 Å². The van der Waals surface area contributed by atoms with Crippen molar-refractivity contribution in [1.82, 2.24) is 4.90 Å². The number of aliphatic hydroxyl groups is 1. The molecule has 1 unspecified atom stereocenters. The van der Waals surface area contributed by atoms with E-state index in [4.69, 9.17) is 5.11 Å². The molecule has 0 aromatic heterocycles. The molecule has 0 radical (unpaired) electrons. The molecule has 0 aliphatic heterocycles. The number of nitrogens with zero attached hydrogens (tertiary/aromatic N) is 1. The third kappa shape index (κ3) is 4.95. The first-order valence-electron chi connectivity index (χ1n) is 5.65. The number of rotatable bonds is 5. The SMILES string of the molecule is CC(O)CN(C)C(=O)CCc1ccc(F)cc1. The molecule has 0 bridgehead atoms. The number of amides is 1. The van der Waals surface area contributed by atoms with Gasteiger partial charge in [-0.2, -0.15) is 0 Å². The Kier molecular flexibility index (Phi) is 5.10. The molecule has 1 rings (SSSR count). The van der Waals surface area contributed by atoms with E-state index in [2.05, 4.69) is 0 Å². The van der Waals surface area contributed by atoms with Gasteiger partial charge in [0.25, 0.3) is 0 Å². The average molecular weight is 239 g/mol. The molecule has 1 amide bonds. The quantitative estimate of drug-likeness (QED) is 0.847. The van der Waals surface area contributed by atoms with Gasteiger partial charge in [-0.15, -0.1) is 0 Å². The monoisotopic (exact) mass is 239 g/mol. The van der Waals surface area contributed by atoms with Crippen LogP contribution in [0, 0.1) is 5.82 Å². The summed E-state index contributed by atoms with van der Waals surface area (Å²) in [6.45, 7) is 1.98.